The largest absolute Gasteiger partial charge is 0.295 e. The molecular weight excluding hydrogens is 134 g/mol. The Labute approximate surface area is 70.2 Å². The van der Waals surface area contributed by atoms with Crippen LogP contribution in [0.15, 0.2) is 17.6 Å². The van der Waals surface area contributed by atoms with Crippen LogP contribution in [0, 0.1) is 5.92 Å². The Morgan fingerprint density at radius 1 is 1.64 bits per heavy atom. The van der Waals surface area contributed by atoms with Gasteiger partial charge in [-0.15, -0.1) is 6.58 Å². The Hall–Kier alpha value is -0.590. The topological polar surface area (TPSA) is 12.4 Å². The standard InChI is InChI=1S/C10H19N/c1-5-9(3)7-8-10(4)11-6-2/h5,9H,1,6-8H2,2-4H3. The molecule has 0 aliphatic heterocycles. The quantitative estimate of drug-likeness (QED) is 0.425. The molecule has 1 nitrogen and oxygen atoms in total. The molecule has 64 valence electrons. The lowest BCUT2D eigenvalue weighted by Gasteiger charge is -2.04. The van der Waals surface area contributed by atoms with Crippen molar-refractivity contribution in [2.45, 2.75) is 33.6 Å². The highest BCUT2D eigenvalue weighted by Gasteiger charge is 1.96. The third kappa shape index (κ3) is 5.84. The van der Waals surface area contributed by atoms with Crippen molar-refractivity contribution in [1.29, 1.82) is 0 Å². The summed E-state index contributed by atoms with van der Waals surface area (Å²) >= 11 is 0. The summed E-state index contributed by atoms with van der Waals surface area (Å²) in [7, 11) is 0. The minimum absolute atomic E-state index is 0.622. The average molecular weight is 153 g/mol. The van der Waals surface area contributed by atoms with E-state index in [9.17, 15) is 0 Å². The van der Waals surface area contributed by atoms with Crippen LogP contribution in [0.3, 0.4) is 0 Å². The Bertz CT molecular complexity index is 136. The van der Waals surface area contributed by atoms with E-state index in [1.54, 1.807) is 0 Å². The van der Waals surface area contributed by atoms with E-state index in [0.717, 1.165) is 13.0 Å². The number of hydrogen-bond donors (Lipinski definition) is 0. The van der Waals surface area contributed by atoms with Crippen molar-refractivity contribution in [3.8, 4) is 0 Å². The third-order valence-corrected chi connectivity index (χ3v) is 1.79. The zero-order valence-electron chi connectivity index (χ0n) is 7.93. The van der Waals surface area contributed by atoms with Crippen LogP contribution in [0.2, 0.25) is 0 Å². The number of aliphatic imine (C=N–C) groups is 1. The zero-order chi connectivity index (χ0) is 8.69. The second kappa shape index (κ2) is 6.14. The first kappa shape index (κ1) is 10.4. The lowest BCUT2D eigenvalue weighted by Crippen LogP contribution is -1.97. The fraction of sp³-hybridized carbons (Fsp3) is 0.700. The molecule has 0 saturated heterocycles. The first-order valence-electron chi connectivity index (χ1n) is 4.33. The van der Waals surface area contributed by atoms with Gasteiger partial charge in [0.05, 0.1) is 0 Å². The zero-order valence-corrected chi connectivity index (χ0v) is 7.93. The van der Waals surface area contributed by atoms with Gasteiger partial charge in [-0.3, -0.25) is 4.99 Å². The van der Waals surface area contributed by atoms with Gasteiger partial charge in [-0.1, -0.05) is 13.0 Å². The van der Waals surface area contributed by atoms with E-state index in [-0.39, 0.29) is 0 Å². The molecule has 0 aromatic rings. The van der Waals surface area contributed by atoms with Gasteiger partial charge in [0.15, 0.2) is 0 Å². The molecule has 0 radical (unpaired) electrons. The maximum absolute atomic E-state index is 4.31. The smallest absolute Gasteiger partial charge is 0.0360 e. The molecule has 0 aliphatic carbocycles. The lowest BCUT2D eigenvalue weighted by molar-refractivity contribution is 0.669. The molecule has 0 heterocycles. The molecular formula is C10H19N. The van der Waals surface area contributed by atoms with Crippen LogP contribution < -0.4 is 0 Å². The van der Waals surface area contributed by atoms with Crippen LogP contribution in [-0.2, 0) is 0 Å². The van der Waals surface area contributed by atoms with E-state index in [2.05, 4.69) is 32.3 Å². The fourth-order valence-corrected chi connectivity index (χ4v) is 0.903. The van der Waals surface area contributed by atoms with E-state index in [1.165, 1.54) is 12.1 Å². The van der Waals surface area contributed by atoms with Crippen molar-refractivity contribution in [2.75, 3.05) is 6.54 Å². The van der Waals surface area contributed by atoms with Crippen LogP contribution in [0.4, 0.5) is 0 Å². The molecule has 0 rings (SSSR count). The van der Waals surface area contributed by atoms with Gasteiger partial charge in [0.25, 0.3) is 0 Å². The Balaban J connectivity index is 3.52. The van der Waals surface area contributed by atoms with Gasteiger partial charge in [0.1, 0.15) is 0 Å². The molecule has 0 spiro atoms. The minimum atomic E-state index is 0.622. The van der Waals surface area contributed by atoms with Crippen LogP contribution in [0.25, 0.3) is 0 Å². The number of nitrogens with zero attached hydrogens (tertiary/aromatic N) is 1. The molecule has 1 unspecified atom stereocenters. The Morgan fingerprint density at radius 2 is 2.27 bits per heavy atom. The second-order valence-corrected chi connectivity index (χ2v) is 2.96. The first-order chi connectivity index (χ1) is 5.20. The van der Waals surface area contributed by atoms with E-state index in [0.29, 0.717) is 5.92 Å². The van der Waals surface area contributed by atoms with Gasteiger partial charge < -0.3 is 0 Å². The molecule has 0 aromatic heterocycles. The number of rotatable bonds is 5. The first-order valence-corrected chi connectivity index (χ1v) is 4.33. The van der Waals surface area contributed by atoms with Crippen LogP contribution >= 0.6 is 0 Å². The molecule has 0 bridgehead atoms. The van der Waals surface area contributed by atoms with Gasteiger partial charge in [-0.05, 0) is 32.6 Å². The predicted octanol–water partition coefficient (Wildman–Crippen LogP) is 3.07. The number of hydrogen-bond acceptors (Lipinski definition) is 1. The van der Waals surface area contributed by atoms with Gasteiger partial charge in [-0.25, -0.2) is 0 Å². The maximum atomic E-state index is 4.31. The van der Waals surface area contributed by atoms with Crippen molar-refractivity contribution in [1.82, 2.24) is 0 Å². The van der Waals surface area contributed by atoms with Crippen LogP contribution in [0.5, 0.6) is 0 Å². The molecule has 0 fully saturated rings. The highest BCUT2D eigenvalue weighted by molar-refractivity contribution is 5.81. The van der Waals surface area contributed by atoms with E-state index in [1.807, 2.05) is 6.08 Å². The van der Waals surface area contributed by atoms with Crippen molar-refractivity contribution >= 4 is 5.71 Å². The lowest BCUT2D eigenvalue weighted by atomic mass is 10.0. The molecule has 0 aromatic carbocycles. The summed E-state index contributed by atoms with van der Waals surface area (Å²) in [6.07, 6.45) is 4.29. The molecule has 1 heteroatoms. The summed E-state index contributed by atoms with van der Waals surface area (Å²) in [6, 6.07) is 0. The van der Waals surface area contributed by atoms with Crippen molar-refractivity contribution in [3.05, 3.63) is 12.7 Å². The summed E-state index contributed by atoms with van der Waals surface area (Å²) in [4.78, 5) is 4.31. The van der Waals surface area contributed by atoms with Crippen LogP contribution in [0.1, 0.15) is 33.6 Å². The Kier molecular flexibility index (Phi) is 5.81. The molecule has 0 amide bonds. The summed E-state index contributed by atoms with van der Waals surface area (Å²) in [5.41, 5.74) is 1.27. The molecule has 0 aliphatic rings. The maximum Gasteiger partial charge on any atom is 0.0360 e. The van der Waals surface area contributed by atoms with Gasteiger partial charge in [-0.2, -0.15) is 0 Å². The summed E-state index contributed by atoms with van der Waals surface area (Å²) in [5, 5.41) is 0. The molecule has 0 saturated carbocycles. The third-order valence-electron chi connectivity index (χ3n) is 1.79. The normalized spacial score (nSPS) is 14.6. The predicted molar refractivity (Wildman–Crippen MR) is 52.2 cm³/mol. The summed E-state index contributed by atoms with van der Waals surface area (Å²) < 4.78 is 0. The monoisotopic (exact) mass is 153 g/mol. The second-order valence-electron chi connectivity index (χ2n) is 2.96. The average Bonchev–Trinajstić information content (AvgIpc) is 2.01. The fourth-order valence-electron chi connectivity index (χ4n) is 0.903. The van der Waals surface area contributed by atoms with Crippen LogP contribution in [-0.4, -0.2) is 12.3 Å². The molecule has 1 atom stereocenters. The van der Waals surface area contributed by atoms with Crippen molar-refractivity contribution < 1.29 is 0 Å². The molecule has 0 N–H and O–H groups in total. The highest BCUT2D eigenvalue weighted by atomic mass is 14.7. The van der Waals surface area contributed by atoms with Gasteiger partial charge in [0, 0.05) is 12.3 Å². The number of allylic oxidation sites excluding steroid dienone is 1. The van der Waals surface area contributed by atoms with Crippen molar-refractivity contribution in [3.63, 3.8) is 0 Å². The molecule has 11 heavy (non-hydrogen) atoms. The SMILES string of the molecule is C=CC(C)CCC(C)=NCC. The minimum Gasteiger partial charge on any atom is -0.295 e. The highest BCUT2D eigenvalue weighted by Crippen LogP contribution is 2.06. The summed E-state index contributed by atoms with van der Waals surface area (Å²) in [5.74, 6) is 0.622. The van der Waals surface area contributed by atoms with E-state index >= 15 is 0 Å². The van der Waals surface area contributed by atoms with Gasteiger partial charge >= 0.3 is 0 Å². The summed E-state index contributed by atoms with van der Waals surface area (Å²) in [6.45, 7) is 11.0. The van der Waals surface area contributed by atoms with E-state index < -0.39 is 0 Å². The van der Waals surface area contributed by atoms with Crippen molar-refractivity contribution in [2.24, 2.45) is 10.9 Å². The Morgan fingerprint density at radius 3 is 2.73 bits per heavy atom. The van der Waals surface area contributed by atoms with E-state index in [4.69, 9.17) is 0 Å². The van der Waals surface area contributed by atoms with Gasteiger partial charge in [0.2, 0.25) is 0 Å².